The number of piperidine rings is 1. The molecule has 0 spiro atoms. The quantitative estimate of drug-likeness (QED) is 0.684. The lowest BCUT2D eigenvalue weighted by Gasteiger charge is -2.30. The van der Waals surface area contributed by atoms with Gasteiger partial charge in [-0.2, -0.15) is 0 Å². The zero-order valence-electron chi connectivity index (χ0n) is 16.4. The number of aryl methyl sites for hydroxylation is 2. The van der Waals surface area contributed by atoms with Gasteiger partial charge in [0.25, 0.3) is 0 Å². The van der Waals surface area contributed by atoms with Gasteiger partial charge in [0.15, 0.2) is 0 Å². The second kappa shape index (κ2) is 9.83. The zero-order chi connectivity index (χ0) is 19.1. The number of unbranched alkanes of at least 4 members (excludes halogenated alkanes) is 1. The van der Waals surface area contributed by atoms with Gasteiger partial charge in [-0.25, -0.2) is 4.98 Å². The van der Waals surface area contributed by atoms with Gasteiger partial charge in [-0.1, -0.05) is 6.07 Å². The van der Waals surface area contributed by atoms with E-state index in [1.165, 1.54) is 12.0 Å². The van der Waals surface area contributed by atoms with Crippen LogP contribution in [0.25, 0.3) is 0 Å². The summed E-state index contributed by atoms with van der Waals surface area (Å²) in [6.07, 6.45) is 6.97. The summed E-state index contributed by atoms with van der Waals surface area (Å²) in [6, 6.07) is 4.34. The summed E-state index contributed by atoms with van der Waals surface area (Å²) in [4.78, 5) is 30.3. The molecule has 3 rings (SSSR count). The van der Waals surface area contributed by atoms with E-state index in [1.54, 1.807) is 6.92 Å². The highest BCUT2D eigenvalue weighted by Gasteiger charge is 2.24. The average molecular weight is 373 g/mol. The standard InChI is InChI=1S/C21H32N4O2/c1-16(26)15-25-13-9-18(10-14-25)21(27)23-11-3-2-6-19-8-7-17-5-4-12-22-20(17)24-19/h7-8,18H,2-6,9-15H2,1H3,(H,22,24)(H,23,27). The summed E-state index contributed by atoms with van der Waals surface area (Å²) in [5, 5.41) is 6.47. The molecule has 1 amide bonds. The Morgan fingerprint density at radius 3 is 2.85 bits per heavy atom. The van der Waals surface area contributed by atoms with Crippen LogP contribution in [0.3, 0.4) is 0 Å². The molecule has 2 N–H and O–H groups in total. The molecule has 3 heterocycles. The maximum Gasteiger partial charge on any atom is 0.223 e. The van der Waals surface area contributed by atoms with Crippen molar-refractivity contribution >= 4 is 17.5 Å². The number of carbonyl (C=O) groups excluding carboxylic acids is 2. The van der Waals surface area contributed by atoms with E-state index in [4.69, 9.17) is 4.98 Å². The number of hydrogen-bond donors (Lipinski definition) is 2. The molecule has 6 nitrogen and oxygen atoms in total. The van der Waals surface area contributed by atoms with Crippen LogP contribution in [-0.2, 0) is 22.4 Å². The molecule has 0 radical (unpaired) electrons. The van der Waals surface area contributed by atoms with Gasteiger partial charge >= 0.3 is 0 Å². The number of hydrogen-bond acceptors (Lipinski definition) is 5. The Bertz CT molecular complexity index is 654. The van der Waals surface area contributed by atoms with Gasteiger partial charge in [-0.15, -0.1) is 0 Å². The molecule has 0 aromatic carbocycles. The van der Waals surface area contributed by atoms with E-state index in [9.17, 15) is 9.59 Å². The van der Waals surface area contributed by atoms with Crippen LogP contribution < -0.4 is 10.6 Å². The number of aromatic nitrogens is 1. The number of rotatable bonds is 8. The van der Waals surface area contributed by atoms with E-state index in [0.717, 1.165) is 76.2 Å². The number of fused-ring (bicyclic) bond motifs is 1. The Balaban J connectivity index is 1.30. The first-order valence-corrected chi connectivity index (χ1v) is 10.3. The zero-order valence-corrected chi connectivity index (χ0v) is 16.4. The van der Waals surface area contributed by atoms with E-state index in [1.807, 2.05) is 0 Å². The molecule has 0 atom stereocenters. The number of pyridine rings is 1. The van der Waals surface area contributed by atoms with Crippen molar-refractivity contribution in [3.8, 4) is 0 Å². The lowest BCUT2D eigenvalue weighted by atomic mass is 9.95. The second-order valence-corrected chi connectivity index (χ2v) is 7.84. The number of Topliss-reactive ketones (excluding diaryl/α,β-unsaturated/α-hetero) is 1. The third kappa shape index (κ3) is 6.03. The number of nitrogens with zero attached hydrogens (tertiary/aromatic N) is 2. The Morgan fingerprint density at radius 2 is 2.07 bits per heavy atom. The molecule has 2 aliphatic rings. The highest BCUT2D eigenvalue weighted by Crippen LogP contribution is 2.20. The van der Waals surface area contributed by atoms with Gasteiger partial charge in [0, 0.05) is 24.7 Å². The first kappa shape index (κ1) is 19.8. The van der Waals surface area contributed by atoms with Crippen molar-refractivity contribution in [1.82, 2.24) is 15.2 Å². The van der Waals surface area contributed by atoms with Crippen LogP contribution in [-0.4, -0.2) is 54.3 Å². The molecule has 148 valence electrons. The molecule has 27 heavy (non-hydrogen) atoms. The highest BCUT2D eigenvalue weighted by molar-refractivity contribution is 5.79. The van der Waals surface area contributed by atoms with Crippen molar-refractivity contribution in [2.24, 2.45) is 5.92 Å². The summed E-state index contributed by atoms with van der Waals surface area (Å²) in [5.41, 5.74) is 2.46. The number of likely N-dealkylation sites (tertiary alicyclic amines) is 1. The van der Waals surface area contributed by atoms with Crippen LogP contribution >= 0.6 is 0 Å². The summed E-state index contributed by atoms with van der Waals surface area (Å²) < 4.78 is 0. The van der Waals surface area contributed by atoms with Crippen LogP contribution in [0.4, 0.5) is 5.82 Å². The minimum absolute atomic E-state index is 0.0987. The fraction of sp³-hybridized carbons (Fsp3) is 0.667. The van der Waals surface area contributed by atoms with Crippen molar-refractivity contribution in [1.29, 1.82) is 0 Å². The highest BCUT2D eigenvalue weighted by atomic mass is 16.2. The predicted octanol–water partition coefficient (Wildman–Crippen LogP) is 2.18. The molecule has 0 aliphatic carbocycles. The maximum absolute atomic E-state index is 12.3. The largest absolute Gasteiger partial charge is 0.370 e. The lowest BCUT2D eigenvalue weighted by molar-refractivity contribution is -0.126. The van der Waals surface area contributed by atoms with Crippen LogP contribution in [0.5, 0.6) is 0 Å². The number of anilines is 1. The maximum atomic E-state index is 12.3. The Kier molecular flexibility index (Phi) is 7.21. The normalized spacial score (nSPS) is 17.8. The Labute approximate surface area is 162 Å². The van der Waals surface area contributed by atoms with Crippen LogP contribution in [0.2, 0.25) is 0 Å². The van der Waals surface area contributed by atoms with Gasteiger partial charge in [-0.3, -0.25) is 14.5 Å². The molecule has 0 unspecified atom stereocenters. The van der Waals surface area contributed by atoms with Gasteiger partial charge < -0.3 is 10.6 Å². The smallest absolute Gasteiger partial charge is 0.223 e. The van der Waals surface area contributed by atoms with Gasteiger partial charge in [0.2, 0.25) is 5.91 Å². The van der Waals surface area contributed by atoms with E-state index in [0.29, 0.717) is 6.54 Å². The summed E-state index contributed by atoms with van der Waals surface area (Å²) >= 11 is 0. The van der Waals surface area contributed by atoms with Crippen LogP contribution in [0.1, 0.15) is 50.3 Å². The van der Waals surface area contributed by atoms with Crippen molar-refractivity contribution in [3.63, 3.8) is 0 Å². The first-order valence-electron chi connectivity index (χ1n) is 10.3. The molecule has 1 aromatic rings. The molecular formula is C21H32N4O2. The number of ketones is 1. The van der Waals surface area contributed by atoms with E-state index in [2.05, 4.69) is 27.7 Å². The summed E-state index contributed by atoms with van der Waals surface area (Å²) in [5.74, 6) is 1.53. The molecule has 1 fully saturated rings. The van der Waals surface area contributed by atoms with Gasteiger partial charge in [-0.05, 0) is 76.6 Å². The van der Waals surface area contributed by atoms with E-state index in [-0.39, 0.29) is 17.6 Å². The number of amides is 1. The summed E-state index contributed by atoms with van der Waals surface area (Å²) in [6.45, 7) is 5.57. The molecule has 1 saturated heterocycles. The fourth-order valence-corrected chi connectivity index (χ4v) is 3.96. The van der Waals surface area contributed by atoms with Gasteiger partial charge in [0.1, 0.15) is 11.6 Å². The Hall–Kier alpha value is -1.95. The average Bonchev–Trinajstić information content (AvgIpc) is 2.67. The third-order valence-corrected chi connectivity index (χ3v) is 5.52. The van der Waals surface area contributed by atoms with Gasteiger partial charge in [0.05, 0.1) is 6.54 Å². The van der Waals surface area contributed by atoms with Crippen molar-refractivity contribution in [2.45, 2.75) is 51.9 Å². The third-order valence-electron chi connectivity index (χ3n) is 5.52. The second-order valence-electron chi connectivity index (χ2n) is 7.84. The molecular weight excluding hydrogens is 340 g/mol. The van der Waals surface area contributed by atoms with E-state index < -0.39 is 0 Å². The SMILES string of the molecule is CC(=O)CN1CCC(C(=O)NCCCCc2ccc3c(n2)NCCC3)CC1. The topological polar surface area (TPSA) is 74.3 Å². The first-order chi connectivity index (χ1) is 13.1. The van der Waals surface area contributed by atoms with Crippen LogP contribution in [0.15, 0.2) is 12.1 Å². The van der Waals surface area contributed by atoms with Crippen molar-refractivity contribution in [2.75, 3.05) is 38.0 Å². The predicted molar refractivity (Wildman–Crippen MR) is 107 cm³/mol. The van der Waals surface area contributed by atoms with Crippen LogP contribution in [0, 0.1) is 5.92 Å². The monoisotopic (exact) mass is 372 g/mol. The fourth-order valence-electron chi connectivity index (χ4n) is 3.96. The molecule has 0 saturated carbocycles. The molecule has 6 heteroatoms. The summed E-state index contributed by atoms with van der Waals surface area (Å²) in [7, 11) is 0. The molecule has 2 aliphatic heterocycles. The molecule has 0 bridgehead atoms. The minimum Gasteiger partial charge on any atom is -0.370 e. The van der Waals surface area contributed by atoms with Crippen molar-refractivity contribution < 1.29 is 9.59 Å². The Morgan fingerprint density at radius 1 is 1.26 bits per heavy atom. The number of nitrogens with one attached hydrogen (secondary N) is 2. The lowest BCUT2D eigenvalue weighted by Crippen LogP contribution is -2.42. The molecule has 1 aromatic heterocycles. The van der Waals surface area contributed by atoms with E-state index >= 15 is 0 Å². The minimum atomic E-state index is 0.0987. The number of carbonyl (C=O) groups is 2. The van der Waals surface area contributed by atoms with Crippen molar-refractivity contribution in [3.05, 3.63) is 23.4 Å².